The first-order valence-corrected chi connectivity index (χ1v) is 9.77. The second-order valence-electron chi connectivity index (χ2n) is 8.46. The van der Waals surface area contributed by atoms with Gasteiger partial charge in [0.25, 0.3) is 0 Å². The standard InChI is InChI=1S/C19H32FN2O5/c1-5-26-16(23)12-14-6-9-21(10-7-14)17(24)22(11-8-15(20)13-22)18(25)27-19(2,3)4/h14-15H,5-13H2,1-4H3/q+1/t15-,22?/m0/s1. The zero-order valence-corrected chi connectivity index (χ0v) is 16.8. The molecule has 2 rings (SSSR count). The number of alkyl halides is 1. The molecule has 2 aliphatic heterocycles. The number of hydrogen-bond acceptors (Lipinski definition) is 5. The lowest BCUT2D eigenvalue weighted by Gasteiger charge is -2.37. The van der Waals surface area contributed by atoms with Crippen LogP contribution in [0.3, 0.4) is 0 Å². The smallest absolute Gasteiger partial charge is 0.466 e. The Morgan fingerprint density at radius 2 is 1.78 bits per heavy atom. The maximum Gasteiger partial charge on any atom is 0.525 e. The van der Waals surface area contributed by atoms with Gasteiger partial charge in [-0.05, 0) is 46.5 Å². The van der Waals surface area contributed by atoms with E-state index in [1.165, 1.54) is 0 Å². The third-order valence-electron chi connectivity index (χ3n) is 5.09. The molecule has 154 valence electrons. The van der Waals surface area contributed by atoms with Crippen molar-refractivity contribution in [3.05, 3.63) is 0 Å². The van der Waals surface area contributed by atoms with Gasteiger partial charge in [-0.15, -0.1) is 4.48 Å². The van der Waals surface area contributed by atoms with Crippen LogP contribution in [0.15, 0.2) is 0 Å². The summed E-state index contributed by atoms with van der Waals surface area (Å²) >= 11 is 0. The first-order valence-electron chi connectivity index (χ1n) is 9.77. The Kier molecular flexibility index (Phi) is 6.83. The van der Waals surface area contributed by atoms with Crippen molar-refractivity contribution in [2.75, 3.05) is 32.8 Å². The van der Waals surface area contributed by atoms with E-state index in [1.54, 1.807) is 32.6 Å². The fourth-order valence-electron chi connectivity index (χ4n) is 3.70. The van der Waals surface area contributed by atoms with Crippen molar-refractivity contribution in [1.29, 1.82) is 0 Å². The molecule has 0 radical (unpaired) electrons. The molecule has 8 heteroatoms. The van der Waals surface area contributed by atoms with Gasteiger partial charge in [0.2, 0.25) is 0 Å². The van der Waals surface area contributed by atoms with Crippen molar-refractivity contribution >= 4 is 18.1 Å². The van der Waals surface area contributed by atoms with Crippen molar-refractivity contribution in [3.8, 4) is 0 Å². The van der Waals surface area contributed by atoms with Crippen LogP contribution in [0, 0.1) is 5.92 Å². The Morgan fingerprint density at radius 1 is 1.15 bits per heavy atom. The molecule has 1 unspecified atom stereocenters. The van der Waals surface area contributed by atoms with E-state index in [-0.39, 0.29) is 37.4 Å². The van der Waals surface area contributed by atoms with Crippen LogP contribution in [0.2, 0.25) is 0 Å². The number of piperidine rings is 1. The van der Waals surface area contributed by atoms with E-state index in [2.05, 4.69) is 0 Å². The van der Waals surface area contributed by atoms with Crippen molar-refractivity contribution in [2.45, 2.75) is 65.2 Å². The molecule has 0 N–H and O–H groups in total. The first-order chi connectivity index (χ1) is 12.6. The molecule has 0 aromatic carbocycles. The number of quaternary nitrogens is 1. The molecule has 7 nitrogen and oxygen atoms in total. The second-order valence-corrected chi connectivity index (χ2v) is 8.46. The number of rotatable bonds is 3. The molecule has 0 saturated carbocycles. The van der Waals surface area contributed by atoms with Gasteiger partial charge in [0.15, 0.2) is 6.17 Å². The maximum atomic E-state index is 14.0. The number of hydrogen-bond donors (Lipinski definition) is 0. The Bertz CT molecular complexity index is 569. The van der Waals surface area contributed by atoms with Gasteiger partial charge in [0.05, 0.1) is 6.61 Å². The maximum absolute atomic E-state index is 14.0. The highest BCUT2D eigenvalue weighted by Gasteiger charge is 2.56. The number of carbonyl (C=O) groups excluding carboxylic acids is 3. The summed E-state index contributed by atoms with van der Waals surface area (Å²) in [5, 5.41) is 0. The Morgan fingerprint density at radius 3 is 2.26 bits per heavy atom. The predicted octanol–water partition coefficient (Wildman–Crippen LogP) is 3.27. The van der Waals surface area contributed by atoms with E-state index in [4.69, 9.17) is 9.47 Å². The molecule has 2 saturated heterocycles. The first kappa shape index (κ1) is 21.6. The normalized spacial score (nSPS) is 26.7. The minimum absolute atomic E-state index is 0.123. The van der Waals surface area contributed by atoms with Gasteiger partial charge in [-0.1, -0.05) is 0 Å². The van der Waals surface area contributed by atoms with E-state index in [9.17, 15) is 18.8 Å². The minimum atomic E-state index is -1.19. The van der Waals surface area contributed by atoms with Crippen LogP contribution in [0.4, 0.5) is 14.0 Å². The average Bonchev–Trinajstić information content (AvgIpc) is 2.97. The van der Waals surface area contributed by atoms with E-state index in [1.807, 2.05) is 0 Å². The number of halogens is 1. The minimum Gasteiger partial charge on any atom is -0.466 e. The highest BCUT2D eigenvalue weighted by molar-refractivity contribution is 5.80. The summed E-state index contributed by atoms with van der Waals surface area (Å²) in [7, 11) is 0. The summed E-state index contributed by atoms with van der Waals surface area (Å²) in [6.45, 7) is 8.17. The van der Waals surface area contributed by atoms with Gasteiger partial charge in [-0.3, -0.25) is 9.69 Å². The Hall–Kier alpha value is -1.70. The lowest BCUT2D eigenvalue weighted by molar-refractivity contribution is -0.769. The highest BCUT2D eigenvalue weighted by atomic mass is 19.1. The quantitative estimate of drug-likeness (QED) is 0.549. The second kappa shape index (κ2) is 8.54. The number of likely N-dealkylation sites (tertiary alicyclic amines) is 2. The molecule has 0 aromatic heterocycles. The average molecular weight is 387 g/mol. The van der Waals surface area contributed by atoms with Crippen LogP contribution < -0.4 is 0 Å². The molecule has 27 heavy (non-hydrogen) atoms. The van der Waals surface area contributed by atoms with Gasteiger partial charge in [-0.2, -0.15) is 4.79 Å². The molecular formula is C19H32FN2O5+. The number of carbonyl (C=O) groups is 3. The topological polar surface area (TPSA) is 72.9 Å². The van der Waals surface area contributed by atoms with Gasteiger partial charge in [0.1, 0.15) is 18.7 Å². The molecule has 0 bridgehead atoms. The van der Waals surface area contributed by atoms with Crippen LogP contribution in [0.1, 0.15) is 53.4 Å². The zero-order chi connectivity index (χ0) is 20.2. The van der Waals surface area contributed by atoms with E-state index < -0.39 is 22.3 Å². The number of imide groups is 1. The molecule has 2 heterocycles. The summed E-state index contributed by atoms with van der Waals surface area (Å²) in [6.07, 6.45) is -0.0293. The fourth-order valence-corrected chi connectivity index (χ4v) is 3.70. The molecule has 2 aliphatic rings. The van der Waals surface area contributed by atoms with Crippen molar-refractivity contribution < 1.29 is 32.7 Å². The SMILES string of the molecule is CCOC(=O)CC1CCN(C(=O)[N+]2(C(=O)OC(C)(C)C)CC[C@H](F)C2)CC1. The van der Waals surface area contributed by atoms with Crippen LogP contribution in [-0.2, 0) is 14.3 Å². The van der Waals surface area contributed by atoms with Crippen molar-refractivity contribution in [2.24, 2.45) is 5.92 Å². The lowest BCUT2D eigenvalue weighted by Crippen LogP contribution is -2.62. The molecule has 0 aliphatic carbocycles. The summed E-state index contributed by atoms with van der Waals surface area (Å²) in [5.74, 6) is -0.0603. The van der Waals surface area contributed by atoms with Crippen molar-refractivity contribution in [1.82, 2.24) is 4.90 Å². The molecule has 0 spiro atoms. The van der Waals surface area contributed by atoms with Crippen LogP contribution >= 0.6 is 0 Å². The Balaban J connectivity index is 2.03. The summed E-state index contributed by atoms with van der Waals surface area (Å²) in [6, 6.07) is -0.390. The molecule has 3 amide bonds. The van der Waals surface area contributed by atoms with Crippen LogP contribution in [0.25, 0.3) is 0 Å². The number of amides is 3. The highest BCUT2D eigenvalue weighted by Crippen LogP contribution is 2.30. The van der Waals surface area contributed by atoms with Crippen molar-refractivity contribution in [3.63, 3.8) is 0 Å². The molecule has 0 aromatic rings. The Labute approximate surface area is 160 Å². The van der Waals surface area contributed by atoms with E-state index in [0.717, 1.165) is 0 Å². The largest absolute Gasteiger partial charge is 0.525 e. The van der Waals surface area contributed by atoms with E-state index >= 15 is 0 Å². The monoisotopic (exact) mass is 387 g/mol. The number of esters is 1. The molecule has 2 fully saturated rings. The third-order valence-corrected chi connectivity index (χ3v) is 5.09. The predicted molar refractivity (Wildman–Crippen MR) is 96.7 cm³/mol. The lowest BCUT2D eigenvalue weighted by atomic mass is 9.94. The fraction of sp³-hybridized carbons (Fsp3) is 0.842. The third kappa shape index (κ3) is 5.40. The summed E-state index contributed by atoms with van der Waals surface area (Å²) in [5.41, 5.74) is -0.746. The van der Waals surface area contributed by atoms with Gasteiger partial charge in [-0.25, -0.2) is 9.18 Å². The number of ether oxygens (including phenoxy) is 2. The van der Waals surface area contributed by atoms with Gasteiger partial charge < -0.3 is 9.47 Å². The number of urea groups is 1. The van der Waals surface area contributed by atoms with Gasteiger partial charge >= 0.3 is 18.1 Å². The number of nitrogens with zero attached hydrogens (tertiary/aromatic N) is 2. The summed E-state index contributed by atoms with van der Waals surface area (Å²) in [4.78, 5) is 39.2. The summed E-state index contributed by atoms with van der Waals surface area (Å²) < 4.78 is 23.8. The van der Waals surface area contributed by atoms with Crippen LogP contribution in [0.5, 0.6) is 0 Å². The van der Waals surface area contributed by atoms with E-state index in [0.29, 0.717) is 39.0 Å². The molecular weight excluding hydrogens is 355 g/mol. The zero-order valence-electron chi connectivity index (χ0n) is 16.8. The van der Waals surface area contributed by atoms with Crippen LogP contribution in [-0.4, -0.2) is 72.0 Å². The molecule has 2 atom stereocenters. The van der Waals surface area contributed by atoms with Gasteiger partial charge in [0, 0.05) is 25.9 Å².